The molecule has 0 aromatic rings. The fraction of sp³-hybridized carbons (Fsp3) is 0.923. The van der Waals surface area contributed by atoms with Crippen molar-refractivity contribution >= 4 is 17.7 Å². The lowest BCUT2D eigenvalue weighted by Gasteiger charge is -2.39. The van der Waals surface area contributed by atoms with Crippen LogP contribution in [0.5, 0.6) is 0 Å². The van der Waals surface area contributed by atoms with Crippen molar-refractivity contribution in [2.45, 2.75) is 43.8 Å². The highest BCUT2D eigenvalue weighted by molar-refractivity contribution is 8.00. The molecule has 0 aromatic heterocycles. The van der Waals surface area contributed by atoms with E-state index in [9.17, 15) is 0 Å². The van der Waals surface area contributed by atoms with Crippen LogP contribution < -0.4 is 5.73 Å². The molecule has 0 aromatic carbocycles. The number of likely N-dealkylation sites (tertiary alicyclic amines) is 1. The smallest absolute Gasteiger partial charge is 0.191 e. The van der Waals surface area contributed by atoms with Crippen LogP contribution in [0.2, 0.25) is 0 Å². The molecule has 1 saturated heterocycles. The highest BCUT2D eigenvalue weighted by atomic mass is 32.2. The van der Waals surface area contributed by atoms with Crippen molar-refractivity contribution < 1.29 is 0 Å². The first-order chi connectivity index (χ1) is 8.15. The van der Waals surface area contributed by atoms with E-state index in [1.54, 1.807) is 0 Å². The first kappa shape index (κ1) is 13.1. The summed E-state index contributed by atoms with van der Waals surface area (Å²) in [4.78, 5) is 6.91. The number of hydrogen-bond acceptors (Lipinski definition) is 2. The Bertz CT molecular complexity index is 281. The molecule has 1 aliphatic carbocycles. The summed E-state index contributed by atoms with van der Waals surface area (Å²) < 4.78 is 0.409. The normalized spacial score (nSPS) is 28.9. The second-order valence-corrected chi connectivity index (χ2v) is 6.88. The molecule has 1 aliphatic heterocycles. The van der Waals surface area contributed by atoms with Crippen LogP contribution in [-0.4, -0.2) is 41.5 Å². The Morgan fingerprint density at radius 3 is 2.76 bits per heavy atom. The molecular formula is C13H25N3S. The lowest BCUT2D eigenvalue weighted by Crippen LogP contribution is -2.45. The Balaban J connectivity index is 1.87. The predicted octanol–water partition coefficient (Wildman–Crippen LogP) is 2.32. The lowest BCUT2D eigenvalue weighted by molar-refractivity contribution is 0.269. The van der Waals surface area contributed by atoms with E-state index in [0.29, 0.717) is 4.75 Å². The molecule has 1 atom stereocenters. The van der Waals surface area contributed by atoms with E-state index >= 15 is 0 Å². The molecule has 17 heavy (non-hydrogen) atoms. The van der Waals surface area contributed by atoms with Crippen molar-refractivity contribution in [3.05, 3.63) is 0 Å². The molecule has 0 amide bonds. The third-order valence-corrected chi connectivity index (χ3v) is 5.61. The second kappa shape index (κ2) is 5.51. The van der Waals surface area contributed by atoms with Gasteiger partial charge in [-0.05, 0) is 37.9 Å². The van der Waals surface area contributed by atoms with Crippen LogP contribution in [0.4, 0.5) is 0 Å². The van der Waals surface area contributed by atoms with Gasteiger partial charge in [-0.25, -0.2) is 0 Å². The van der Waals surface area contributed by atoms with E-state index in [1.807, 2.05) is 11.8 Å². The van der Waals surface area contributed by atoms with Crippen molar-refractivity contribution in [1.82, 2.24) is 4.90 Å². The summed E-state index contributed by atoms with van der Waals surface area (Å²) in [5.41, 5.74) is 6.12. The maximum Gasteiger partial charge on any atom is 0.191 e. The van der Waals surface area contributed by atoms with Crippen molar-refractivity contribution in [3.8, 4) is 0 Å². The van der Waals surface area contributed by atoms with Gasteiger partial charge in [0.2, 0.25) is 0 Å². The zero-order chi connectivity index (χ0) is 12.3. The number of aliphatic imine (C=N–C) groups is 1. The van der Waals surface area contributed by atoms with Gasteiger partial charge in [0.15, 0.2) is 5.96 Å². The van der Waals surface area contributed by atoms with Gasteiger partial charge in [-0.15, -0.1) is 0 Å². The summed E-state index contributed by atoms with van der Waals surface area (Å²) in [5.74, 6) is 1.53. The van der Waals surface area contributed by atoms with Crippen molar-refractivity contribution in [2.75, 3.05) is 25.9 Å². The number of thioether (sulfide) groups is 1. The van der Waals surface area contributed by atoms with Crippen LogP contribution in [-0.2, 0) is 0 Å². The van der Waals surface area contributed by atoms with Gasteiger partial charge in [0.1, 0.15) is 0 Å². The molecule has 0 spiro atoms. The molecule has 2 rings (SSSR count). The summed E-state index contributed by atoms with van der Waals surface area (Å²) in [7, 11) is 0. The minimum Gasteiger partial charge on any atom is -0.370 e. The Labute approximate surface area is 109 Å². The van der Waals surface area contributed by atoms with Gasteiger partial charge < -0.3 is 10.6 Å². The topological polar surface area (TPSA) is 41.6 Å². The fourth-order valence-corrected chi connectivity index (χ4v) is 3.61. The van der Waals surface area contributed by atoms with Crippen molar-refractivity contribution in [2.24, 2.45) is 16.6 Å². The van der Waals surface area contributed by atoms with E-state index in [4.69, 9.17) is 5.73 Å². The molecule has 0 radical (unpaired) electrons. The van der Waals surface area contributed by atoms with Gasteiger partial charge in [-0.3, -0.25) is 4.99 Å². The maximum absolute atomic E-state index is 6.12. The van der Waals surface area contributed by atoms with Gasteiger partial charge in [0, 0.05) is 17.8 Å². The molecular weight excluding hydrogens is 230 g/mol. The Morgan fingerprint density at radius 1 is 1.47 bits per heavy atom. The van der Waals surface area contributed by atoms with Gasteiger partial charge in [-0.2, -0.15) is 11.8 Å². The number of piperidine rings is 1. The third-order valence-electron chi connectivity index (χ3n) is 4.21. The first-order valence-corrected chi connectivity index (χ1v) is 7.98. The zero-order valence-corrected chi connectivity index (χ0v) is 11.9. The lowest BCUT2D eigenvalue weighted by atomic mass is 9.84. The number of nitrogens with two attached hydrogens (primary N) is 1. The minimum absolute atomic E-state index is 0.409. The molecule has 1 unspecified atom stereocenters. The number of guanidine groups is 1. The first-order valence-electron chi connectivity index (χ1n) is 6.75. The van der Waals surface area contributed by atoms with Gasteiger partial charge in [-0.1, -0.05) is 13.3 Å². The second-order valence-electron chi connectivity index (χ2n) is 5.61. The molecule has 2 aliphatic rings. The molecule has 2 fully saturated rings. The van der Waals surface area contributed by atoms with E-state index in [1.165, 1.54) is 32.1 Å². The minimum atomic E-state index is 0.409. The monoisotopic (exact) mass is 255 g/mol. The molecule has 0 bridgehead atoms. The summed E-state index contributed by atoms with van der Waals surface area (Å²) >= 11 is 1.97. The molecule has 98 valence electrons. The Kier molecular flexibility index (Phi) is 4.23. The van der Waals surface area contributed by atoms with Crippen LogP contribution in [0.15, 0.2) is 4.99 Å². The predicted molar refractivity (Wildman–Crippen MR) is 76.6 cm³/mol. The molecule has 1 heterocycles. The van der Waals surface area contributed by atoms with Gasteiger partial charge >= 0.3 is 0 Å². The average molecular weight is 255 g/mol. The number of nitrogens with zero attached hydrogens (tertiary/aromatic N) is 2. The molecule has 1 saturated carbocycles. The van der Waals surface area contributed by atoms with Gasteiger partial charge in [0.05, 0.1) is 6.54 Å². The summed E-state index contributed by atoms with van der Waals surface area (Å²) in [6.45, 7) is 5.38. The van der Waals surface area contributed by atoms with Crippen LogP contribution in [0, 0.1) is 5.92 Å². The van der Waals surface area contributed by atoms with E-state index in [-0.39, 0.29) is 0 Å². The SMILES string of the molecule is CSC1(CN=C(N)N2CCCC(C)C2)CCC1. The van der Waals surface area contributed by atoms with Crippen molar-refractivity contribution in [3.63, 3.8) is 0 Å². The largest absolute Gasteiger partial charge is 0.370 e. The fourth-order valence-electron chi connectivity index (χ4n) is 2.72. The molecule has 3 nitrogen and oxygen atoms in total. The highest BCUT2D eigenvalue weighted by Crippen LogP contribution is 2.42. The highest BCUT2D eigenvalue weighted by Gasteiger charge is 2.36. The van der Waals surface area contributed by atoms with E-state index in [2.05, 4.69) is 23.1 Å². The van der Waals surface area contributed by atoms with E-state index < -0.39 is 0 Å². The standard InChI is InChI=1S/C13H25N3S/c1-11-5-3-8-16(9-11)12(14)15-10-13(17-2)6-4-7-13/h11H,3-10H2,1-2H3,(H2,14,15). The Morgan fingerprint density at radius 2 is 2.24 bits per heavy atom. The summed E-state index contributed by atoms with van der Waals surface area (Å²) in [6.07, 6.45) is 8.76. The molecule has 4 heteroatoms. The van der Waals surface area contributed by atoms with E-state index in [0.717, 1.165) is 31.5 Å². The van der Waals surface area contributed by atoms with Crippen molar-refractivity contribution in [1.29, 1.82) is 0 Å². The summed E-state index contributed by atoms with van der Waals surface area (Å²) in [6, 6.07) is 0. The van der Waals surface area contributed by atoms with Crippen LogP contribution in [0.25, 0.3) is 0 Å². The maximum atomic E-state index is 6.12. The Hall–Kier alpha value is -0.380. The number of rotatable bonds is 3. The van der Waals surface area contributed by atoms with Crippen LogP contribution in [0.3, 0.4) is 0 Å². The zero-order valence-electron chi connectivity index (χ0n) is 11.1. The average Bonchev–Trinajstić information content (AvgIpc) is 2.28. The third kappa shape index (κ3) is 3.09. The summed E-state index contributed by atoms with van der Waals surface area (Å²) in [5, 5.41) is 0. The quantitative estimate of drug-likeness (QED) is 0.621. The number of hydrogen-bond donors (Lipinski definition) is 1. The molecule has 2 N–H and O–H groups in total. The van der Waals surface area contributed by atoms with Crippen LogP contribution >= 0.6 is 11.8 Å². The van der Waals surface area contributed by atoms with Crippen LogP contribution in [0.1, 0.15) is 39.0 Å². The van der Waals surface area contributed by atoms with Gasteiger partial charge in [0.25, 0.3) is 0 Å².